The molecule has 2 rings (SSSR count). The third-order valence-electron chi connectivity index (χ3n) is 3.69. The number of likely N-dealkylation sites (N-methyl/N-ethyl adjacent to an activating group) is 1. The smallest absolute Gasteiger partial charge is 0.241 e. The number of nitrogens with one attached hydrogen (secondary N) is 1. The molecule has 1 atom stereocenters. The van der Waals surface area contributed by atoms with E-state index in [2.05, 4.69) is 5.32 Å². The summed E-state index contributed by atoms with van der Waals surface area (Å²) >= 11 is 11.9. The van der Waals surface area contributed by atoms with Crippen LogP contribution in [-0.2, 0) is 4.79 Å². The number of carbonyl (C=O) groups excluding carboxylic acids is 1. The average molecular weight is 367 g/mol. The number of hydrogen-bond donors (Lipinski definition) is 1. The van der Waals surface area contributed by atoms with Crippen LogP contribution in [0.15, 0.2) is 48.5 Å². The molecule has 0 heterocycles. The SMILES string of the molecule is C[C@@H](C(=O)Nc1ccc(Cl)cc1Cl)N(C)CCOc1ccccc1. The molecule has 0 bridgehead atoms. The van der Waals surface area contributed by atoms with Gasteiger partial charge in [-0.25, -0.2) is 0 Å². The lowest BCUT2D eigenvalue weighted by molar-refractivity contribution is -0.120. The maximum absolute atomic E-state index is 12.3. The molecule has 0 radical (unpaired) electrons. The molecule has 0 fully saturated rings. The summed E-state index contributed by atoms with van der Waals surface area (Å²) in [6, 6.07) is 14.2. The van der Waals surface area contributed by atoms with Gasteiger partial charge in [0.15, 0.2) is 0 Å². The lowest BCUT2D eigenvalue weighted by Crippen LogP contribution is -2.41. The van der Waals surface area contributed by atoms with Gasteiger partial charge in [-0.2, -0.15) is 0 Å². The average Bonchev–Trinajstić information content (AvgIpc) is 2.57. The second-order valence-corrected chi connectivity index (χ2v) is 6.28. The lowest BCUT2D eigenvalue weighted by atomic mass is 10.2. The van der Waals surface area contributed by atoms with Crippen molar-refractivity contribution >= 4 is 34.8 Å². The molecule has 0 aromatic heterocycles. The highest BCUT2D eigenvalue weighted by atomic mass is 35.5. The molecule has 6 heteroatoms. The first-order valence-electron chi connectivity index (χ1n) is 7.61. The fourth-order valence-electron chi connectivity index (χ4n) is 2.05. The summed E-state index contributed by atoms with van der Waals surface area (Å²) in [5.74, 6) is 0.678. The zero-order valence-corrected chi connectivity index (χ0v) is 15.1. The number of para-hydroxylation sites is 1. The van der Waals surface area contributed by atoms with Gasteiger partial charge in [0.25, 0.3) is 0 Å². The topological polar surface area (TPSA) is 41.6 Å². The summed E-state index contributed by atoms with van der Waals surface area (Å²) in [6.45, 7) is 2.96. The zero-order valence-electron chi connectivity index (χ0n) is 13.6. The molecule has 24 heavy (non-hydrogen) atoms. The number of rotatable bonds is 7. The van der Waals surface area contributed by atoms with Gasteiger partial charge in [0.05, 0.1) is 16.8 Å². The van der Waals surface area contributed by atoms with E-state index >= 15 is 0 Å². The van der Waals surface area contributed by atoms with E-state index in [1.807, 2.05) is 49.2 Å². The van der Waals surface area contributed by atoms with Crippen LogP contribution in [0.25, 0.3) is 0 Å². The molecule has 4 nitrogen and oxygen atoms in total. The minimum atomic E-state index is -0.323. The molecule has 1 amide bonds. The molecule has 0 aliphatic carbocycles. The van der Waals surface area contributed by atoms with E-state index in [-0.39, 0.29) is 11.9 Å². The van der Waals surface area contributed by atoms with Crippen molar-refractivity contribution in [3.63, 3.8) is 0 Å². The standard InChI is InChI=1S/C18H20Cl2N2O2/c1-13(18(23)21-17-9-8-14(19)12-16(17)20)22(2)10-11-24-15-6-4-3-5-7-15/h3-9,12-13H,10-11H2,1-2H3,(H,21,23)/t13-/m0/s1. The Bertz CT molecular complexity index is 680. The van der Waals surface area contributed by atoms with Crippen LogP contribution >= 0.6 is 23.2 Å². The van der Waals surface area contributed by atoms with Crippen LogP contribution in [0, 0.1) is 0 Å². The van der Waals surface area contributed by atoms with E-state index in [0.29, 0.717) is 28.9 Å². The molecule has 2 aromatic rings. The highest BCUT2D eigenvalue weighted by Crippen LogP contribution is 2.25. The van der Waals surface area contributed by atoms with Gasteiger partial charge in [-0.3, -0.25) is 9.69 Å². The number of amides is 1. The normalized spacial score (nSPS) is 12.0. The van der Waals surface area contributed by atoms with E-state index in [9.17, 15) is 4.79 Å². The van der Waals surface area contributed by atoms with Crippen molar-refractivity contribution in [1.82, 2.24) is 4.90 Å². The fourth-order valence-corrected chi connectivity index (χ4v) is 2.50. The Morgan fingerprint density at radius 1 is 1.21 bits per heavy atom. The van der Waals surface area contributed by atoms with E-state index in [4.69, 9.17) is 27.9 Å². The van der Waals surface area contributed by atoms with E-state index < -0.39 is 0 Å². The minimum absolute atomic E-state index is 0.138. The van der Waals surface area contributed by atoms with Crippen molar-refractivity contribution in [2.45, 2.75) is 13.0 Å². The minimum Gasteiger partial charge on any atom is -0.492 e. The van der Waals surface area contributed by atoms with Crippen molar-refractivity contribution in [2.24, 2.45) is 0 Å². The largest absolute Gasteiger partial charge is 0.492 e. The summed E-state index contributed by atoms with van der Waals surface area (Å²) in [5, 5.41) is 3.76. The maximum Gasteiger partial charge on any atom is 0.241 e. The highest BCUT2D eigenvalue weighted by molar-refractivity contribution is 6.36. The van der Waals surface area contributed by atoms with Crippen LogP contribution in [0.2, 0.25) is 10.0 Å². The summed E-state index contributed by atoms with van der Waals surface area (Å²) in [6.07, 6.45) is 0. The van der Waals surface area contributed by atoms with Gasteiger partial charge in [0.2, 0.25) is 5.91 Å². The predicted molar refractivity (Wildman–Crippen MR) is 99.1 cm³/mol. The predicted octanol–water partition coefficient (Wildman–Crippen LogP) is 4.33. The van der Waals surface area contributed by atoms with Crippen LogP contribution < -0.4 is 10.1 Å². The van der Waals surface area contributed by atoms with E-state index in [1.54, 1.807) is 18.2 Å². The van der Waals surface area contributed by atoms with Gasteiger partial charge in [-0.1, -0.05) is 41.4 Å². The van der Waals surface area contributed by atoms with Gasteiger partial charge in [0, 0.05) is 11.6 Å². The quantitative estimate of drug-likeness (QED) is 0.792. The van der Waals surface area contributed by atoms with E-state index in [1.165, 1.54) is 0 Å². The van der Waals surface area contributed by atoms with Gasteiger partial charge in [-0.05, 0) is 44.3 Å². The van der Waals surface area contributed by atoms with Crippen LogP contribution in [0.3, 0.4) is 0 Å². The Morgan fingerprint density at radius 2 is 1.92 bits per heavy atom. The molecule has 1 N–H and O–H groups in total. The monoisotopic (exact) mass is 366 g/mol. The number of anilines is 1. The van der Waals surface area contributed by atoms with Gasteiger partial charge in [-0.15, -0.1) is 0 Å². The summed E-state index contributed by atoms with van der Waals surface area (Å²) in [7, 11) is 1.88. The van der Waals surface area contributed by atoms with Gasteiger partial charge in [0.1, 0.15) is 12.4 Å². The number of carbonyl (C=O) groups is 1. The Labute approximate surface area is 152 Å². The fraction of sp³-hybridized carbons (Fsp3) is 0.278. The first-order chi connectivity index (χ1) is 11.5. The molecule has 2 aromatic carbocycles. The van der Waals surface area contributed by atoms with Crippen LogP contribution in [0.5, 0.6) is 5.75 Å². The maximum atomic E-state index is 12.3. The van der Waals surface area contributed by atoms with Crippen molar-refractivity contribution in [3.8, 4) is 5.75 Å². The van der Waals surface area contributed by atoms with Crippen molar-refractivity contribution < 1.29 is 9.53 Å². The number of hydrogen-bond acceptors (Lipinski definition) is 3. The molecule has 0 aliphatic rings. The second kappa shape index (κ2) is 8.92. The number of nitrogens with zero attached hydrogens (tertiary/aromatic N) is 1. The Hall–Kier alpha value is -1.75. The number of benzene rings is 2. The molecular weight excluding hydrogens is 347 g/mol. The van der Waals surface area contributed by atoms with Crippen LogP contribution in [0.4, 0.5) is 5.69 Å². The first kappa shape index (κ1) is 18.6. The van der Waals surface area contributed by atoms with Crippen molar-refractivity contribution in [1.29, 1.82) is 0 Å². The van der Waals surface area contributed by atoms with Crippen LogP contribution in [0.1, 0.15) is 6.92 Å². The number of halogens is 2. The molecule has 0 saturated carbocycles. The number of ether oxygens (including phenoxy) is 1. The summed E-state index contributed by atoms with van der Waals surface area (Å²) in [4.78, 5) is 14.3. The van der Waals surface area contributed by atoms with Gasteiger partial charge >= 0.3 is 0 Å². The second-order valence-electron chi connectivity index (χ2n) is 5.43. The summed E-state index contributed by atoms with van der Waals surface area (Å²) in [5.41, 5.74) is 0.548. The third kappa shape index (κ3) is 5.41. The summed E-state index contributed by atoms with van der Waals surface area (Å²) < 4.78 is 5.65. The molecule has 0 spiro atoms. The van der Waals surface area contributed by atoms with Crippen molar-refractivity contribution in [3.05, 3.63) is 58.6 Å². The van der Waals surface area contributed by atoms with E-state index in [0.717, 1.165) is 5.75 Å². The molecule has 0 aliphatic heterocycles. The Morgan fingerprint density at radius 3 is 2.58 bits per heavy atom. The first-order valence-corrected chi connectivity index (χ1v) is 8.37. The molecule has 0 saturated heterocycles. The third-order valence-corrected chi connectivity index (χ3v) is 4.23. The molecular formula is C18H20Cl2N2O2. The zero-order chi connectivity index (χ0) is 17.5. The van der Waals surface area contributed by atoms with Gasteiger partial charge < -0.3 is 10.1 Å². The molecule has 128 valence electrons. The highest BCUT2D eigenvalue weighted by Gasteiger charge is 2.18. The lowest BCUT2D eigenvalue weighted by Gasteiger charge is -2.24. The van der Waals surface area contributed by atoms with Crippen molar-refractivity contribution in [2.75, 3.05) is 25.5 Å². The molecule has 0 unspecified atom stereocenters. The van der Waals surface area contributed by atoms with Crippen LogP contribution in [-0.4, -0.2) is 37.0 Å². The Balaban J connectivity index is 1.83. The Kier molecular flexibility index (Phi) is 6.91.